The zero-order valence-corrected chi connectivity index (χ0v) is 13.9. The summed E-state index contributed by atoms with van der Waals surface area (Å²) in [5.74, 6) is 0.891. The van der Waals surface area contributed by atoms with E-state index in [0.29, 0.717) is 12.3 Å². The molecule has 1 fully saturated rings. The minimum atomic E-state index is 0. The Morgan fingerprint density at radius 1 is 1.33 bits per heavy atom. The molecule has 1 aromatic carbocycles. The summed E-state index contributed by atoms with van der Waals surface area (Å²) in [4.78, 5) is 11.8. The van der Waals surface area contributed by atoms with E-state index in [2.05, 4.69) is 42.7 Å². The van der Waals surface area contributed by atoms with Crippen LogP contribution in [0.4, 0.5) is 0 Å². The highest BCUT2D eigenvalue weighted by Crippen LogP contribution is 2.15. The molecule has 118 valence electrons. The van der Waals surface area contributed by atoms with Crippen molar-refractivity contribution in [3.63, 3.8) is 0 Å². The summed E-state index contributed by atoms with van der Waals surface area (Å²) >= 11 is 0. The van der Waals surface area contributed by atoms with Gasteiger partial charge in [-0.15, -0.1) is 12.4 Å². The number of aryl methyl sites for hydroxylation is 2. The first kappa shape index (κ1) is 18.0. The number of amides is 1. The molecular weight excluding hydrogens is 284 g/mol. The van der Waals surface area contributed by atoms with E-state index in [1.165, 1.54) is 23.1 Å². The van der Waals surface area contributed by atoms with E-state index in [1.54, 1.807) is 0 Å². The zero-order chi connectivity index (χ0) is 14.4. The van der Waals surface area contributed by atoms with Gasteiger partial charge in [-0.05, 0) is 68.8 Å². The van der Waals surface area contributed by atoms with E-state index >= 15 is 0 Å². The smallest absolute Gasteiger partial charge is 0.220 e. The lowest BCUT2D eigenvalue weighted by molar-refractivity contribution is -0.121. The molecule has 0 saturated carbocycles. The summed E-state index contributed by atoms with van der Waals surface area (Å²) in [7, 11) is 0. The van der Waals surface area contributed by atoms with Crippen molar-refractivity contribution in [1.29, 1.82) is 0 Å². The van der Waals surface area contributed by atoms with Gasteiger partial charge in [0.25, 0.3) is 0 Å². The van der Waals surface area contributed by atoms with Crippen molar-refractivity contribution in [2.75, 3.05) is 19.6 Å². The quantitative estimate of drug-likeness (QED) is 0.848. The number of halogens is 1. The first-order chi connectivity index (χ1) is 9.66. The van der Waals surface area contributed by atoms with Gasteiger partial charge >= 0.3 is 0 Å². The van der Waals surface area contributed by atoms with E-state index in [-0.39, 0.29) is 18.3 Å². The van der Waals surface area contributed by atoms with Gasteiger partial charge in [-0.25, -0.2) is 0 Å². The van der Waals surface area contributed by atoms with Crippen LogP contribution in [0.25, 0.3) is 0 Å². The maximum atomic E-state index is 11.8. The molecule has 0 radical (unpaired) electrons. The van der Waals surface area contributed by atoms with Crippen LogP contribution in [0.15, 0.2) is 18.2 Å². The van der Waals surface area contributed by atoms with Crippen LogP contribution in [0.2, 0.25) is 0 Å². The highest BCUT2D eigenvalue weighted by Gasteiger charge is 2.15. The molecule has 0 spiro atoms. The standard InChI is InChI=1S/C17H26N2O.ClH/c1-13-4-3-5-14(2)16(13)9-11-19-17(20)7-6-15-8-10-18-12-15;/h3-5,15,18H,6-12H2,1-2H3,(H,19,20);1H. The van der Waals surface area contributed by atoms with Gasteiger partial charge in [0, 0.05) is 13.0 Å². The minimum absolute atomic E-state index is 0. The maximum absolute atomic E-state index is 11.8. The van der Waals surface area contributed by atoms with Gasteiger partial charge in [0.15, 0.2) is 0 Å². The molecule has 1 aromatic rings. The van der Waals surface area contributed by atoms with Gasteiger partial charge in [-0.3, -0.25) is 4.79 Å². The Hall–Kier alpha value is -1.06. The second-order valence-electron chi connectivity index (χ2n) is 5.87. The molecule has 1 atom stereocenters. The second-order valence-corrected chi connectivity index (χ2v) is 5.87. The third-order valence-corrected chi connectivity index (χ3v) is 4.28. The molecule has 0 bridgehead atoms. The first-order valence-corrected chi connectivity index (χ1v) is 7.69. The molecule has 2 N–H and O–H groups in total. The molecule has 1 unspecified atom stereocenters. The molecule has 4 heteroatoms. The van der Waals surface area contributed by atoms with Gasteiger partial charge in [-0.2, -0.15) is 0 Å². The van der Waals surface area contributed by atoms with E-state index < -0.39 is 0 Å². The van der Waals surface area contributed by atoms with Crippen molar-refractivity contribution in [2.45, 2.75) is 39.5 Å². The lowest BCUT2D eigenvalue weighted by Crippen LogP contribution is -2.26. The van der Waals surface area contributed by atoms with Gasteiger partial charge in [-0.1, -0.05) is 18.2 Å². The normalized spacial score (nSPS) is 17.3. The fraction of sp³-hybridized carbons (Fsp3) is 0.588. The third kappa shape index (κ3) is 5.68. The molecule has 1 heterocycles. The fourth-order valence-corrected chi connectivity index (χ4v) is 2.95. The Bertz CT molecular complexity index is 436. The highest BCUT2D eigenvalue weighted by molar-refractivity contribution is 5.85. The summed E-state index contributed by atoms with van der Waals surface area (Å²) in [6.07, 6.45) is 3.83. The molecule has 2 rings (SSSR count). The number of carbonyl (C=O) groups is 1. The number of benzene rings is 1. The van der Waals surface area contributed by atoms with Crippen LogP contribution in [0.5, 0.6) is 0 Å². The molecule has 3 nitrogen and oxygen atoms in total. The molecule has 1 aliphatic rings. The number of hydrogen-bond donors (Lipinski definition) is 2. The Kier molecular flexibility index (Phi) is 7.76. The summed E-state index contributed by atoms with van der Waals surface area (Å²) in [6, 6.07) is 6.36. The average Bonchev–Trinajstić information content (AvgIpc) is 2.93. The van der Waals surface area contributed by atoms with Gasteiger partial charge in [0.1, 0.15) is 0 Å². The topological polar surface area (TPSA) is 41.1 Å². The Morgan fingerprint density at radius 2 is 2.05 bits per heavy atom. The van der Waals surface area contributed by atoms with Crippen molar-refractivity contribution >= 4 is 18.3 Å². The summed E-state index contributed by atoms with van der Waals surface area (Å²) in [5.41, 5.74) is 4.00. The van der Waals surface area contributed by atoms with Crippen LogP contribution in [0, 0.1) is 19.8 Å². The Labute approximate surface area is 134 Å². The average molecular weight is 311 g/mol. The van der Waals surface area contributed by atoms with Crippen LogP contribution in [-0.4, -0.2) is 25.5 Å². The number of hydrogen-bond acceptors (Lipinski definition) is 2. The van der Waals surface area contributed by atoms with Crippen LogP contribution in [0.3, 0.4) is 0 Å². The molecule has 0 aromatic heterocycles. The van der Waals surface area contributed by atoms with E-state index in [0.717, 1.165) is 32.5 Å². The van der Waals surface area contributed by atoms with Crippen LogP contribution >= 0.6 is 12.4 Å². The van der Waals surface area contributed by atoms with Crippen molar-refractivity contribution in [3.05, 3.63) is 34.9 Å². The third-order valence-electron chi connectivity index (χ3n) is 4.28. The number of carbonyl (C=O) groups excluding carboxylic acids is 1. The van der Waals surface area contributed by atoms with Crippen LogP contribution in [-0.2, 0) is 11.2 Å². The lowest BCUT2D eigenvalue weighted by atomic mass is 10.00. The monoisotopic (exact) mass is 310 g/mol. The SMILES string of the molecule is Cc1cccc(C)c1CCNC(=O)CCC1CCNC1.Cl. The van der Waals surface area contributed by atoms with Gasteiger partial charge in [0.2, 0.25) is 5.91 Å². The summed E-state index contributed by atoms with van der Waals surface area (Å²) in [6.45, 7) is 7.20. The van der Waals surface area contributed by atoms with Crippen LogP contribution < -0.4 is 10.6 Å². The van der Waals surface area contributed by atoms with Crippen molar-refractivity contribution in [2.24, 2.45) is 5.92 Å². The number of rotatable bonds is 6. The Balaban J connectivity index is 0.00000220. The lowest BCUT2D eigenvalue weighted by Gasteiger charge is -2.11. The van der Waals surface area contributed by atoms with Crippen molar-refractivity contribution < 1.29 is 4.79 Å². The molecule has 1 aliphatic heterocycles. The summed E-state index contributed by atoms with van der Waals surface area (Å²) in [5, 5.41) is 6.39. The zero-order valence-electron chi connectivity index (χ0n) is 13.1. The Morgan fingerprint density at radius 3 is 2.67 bits per heavy atom. The minimum Gasteiger partial charge on any atom is -0.356 e. The van der Waals surface area contributed by atoms with Crippen molar-refractivity contribution in [3.8, 4) is 0 Å². The van der Waals surface area contributed by atoms with E-state index in [9.17, 15) is 4.79 Å². The van der Waals surface area contributed by atoms with Gasteiger partial charge in [0.05, 0.1) is 0 Å². The van der Waals surface area contributed by atoms with E-state index in [1.807, 2.05) is 0 Å². The van der Waals surface area contributed by atoms with Gasteiger partial charge < -0.3 is 10.6 Å². The maximum Gasteiger partial charge on any atom is 0.220 e. The second kappa shape index (κ2) is 9.06. The van der Waals surface area contributed by atoms with Crippen molar-refractivity contribution in [1.82, 2.24) is 10.6 Å². The molecule has 0 aliphatic carbocycles. The molecule has 21 heavy (non-hydrogen) atoms. The van der Waals surface area contributed by atoms with E-state index in [4.69, 9.17) is 0 Å². The largest absolute Gasteiger partial charge is 0.356 e. The molecule has 1 saturated heterocycles. The molecular formula is C17H27ClN2O. The predicted octanol–water partition coefficient (Wildman–Crippen LogP) is 2.77. The highest BCUT2D eigenvalue weighted by atomic mass is 35.5. The molecule has 1 amide bonds. The predicted molar refractivity (Wildman–Crippen MR) is 90.1 cm³/mol. The number of nitrogens with one attached hydrogen (secondary N) is 2. The summed E-state index contributed by atoms with van der Waals surface area (Å²) < 4.78 is 0. The first-order valence-electron chi connectivity index (χ1n) is 7.69. The fourth-order valence-electron chi connectivity index (χ4n) is 2.95. The van der Waals surface area contributed by atoms with Crippen LogP contribution in [0.1, 0.15) is 36.0 Å².